The summed E-state index contributed by atoms with van der Waals surface area (Å²) in [5, 5.41) is 0. The van der Waals surface area contributed by atoms with Crippen LogP contribution in [0.25, 0.3) is 0 Å². The van der Waals surface area contributed by atoms with Crippen molar-refractivity contribution in [3.8, 4) is 0 Å². The maximum absolute atomic E-state index is 10.6. The monoisotopic (exact) mass is 147 g/mol. The van der Waals surface area contributed by atoms with Gasteiger partial charge in [0.2, 0.25) is 5.91 Å². The number of carbonyl (C=O) groups excluding carboxylic acids is 1. The first-order valence-corrected chi connectivity index (χ1v) is 3.52. The highest BCUT2D eigenvalue weighted by Crippen LogP contribution is 2.35. The minimum atomic E-state index is -0.694. The Hall–Kier alpha value is -0.240. The Morgan fingerprint density at radius 1 is 1.44 bits per heavy atom. The largest absolute Gasteiger partial charge is 0.368 e. The molecule has 1 saturated carbocycles. The van der Waals surface area contributed by atoms with Crippen LogP contribution in [0.2, 0.25) is 0 Å². The van der Waals surface area contributed by atoms with Crippen molar-refractivity contribution in [2.75, 3.05) is 0 Å². The molecule has 0 aromatic heterocycles. The third-order valence-corrected chi connectivity index (χ3v) is 2.40. The van der Waals surface area contributed by atoms with Crippen molar-refractivity contribution in [2.45, 2.75) is 30.6 Å². The second-order valence-electron chi connectivity index (χ2n) is 2.54. The number of hydrogen-bond acceptors (Lipinski definition) is 1. The number of carbonyl (C=O) groups is 1. The Bertz CT molecular complexity index is 129. The van der Waals surface area contributed by atoms with Gasteiger partial charge >= 0.3 is 0 Å². The van der Waals surface area contributed by atoms with Crippen LogP contribution in [0.1, 0.15) is 25.7 Å². The van der Waals surface area contributed by atoms with E-state index in [0.717, 1.165) is 25.7 Å². The minimum absolute atomic E-state index is 0.360. The Labute approximate surface area is 59.4 Å². The van der Waals surface area contributed by atoms with Gasteiger partial charge in [0, 0.05) is 0 Å². The summed E-state index contributed by atoms with van der Waals surface area (Å²) >= 11 is 5.83. The van der Waals surface area contributed by atoms with E-state index in [-0.39, 0.29) is 5.91 Å². The van der Waals surface area contributed by atoms with E-state index < -0.39 is 4.87 Å². The van der Waals surface area contributed by atoms with Crippen LogP contribution >= 0.6 is 11.6 Å². The van der Waals surface area contributed by atoms with Gasteiger partial charge in [0.1, 0.15) is 4.87 Å². The molecule has 0 aliphatic heterocycles. The van der Waals surface area contributed by atoms with Gasteiger partial charge in [0.25, 0.3) is 0 Å². The molecule has 0 bridgehead atoms. The fourth-order valence-electron chi connectivity index (χ4n) is 1.18. The van der Waals surface area contributed by atoms with Crippen molar-refractivity contribution in [1.82, 2.24) is 0 Å². The van der Waals surface area contributed by atoms with Crippen molar-refractivity contribution >= 4 is 17.5 Å². The molecular formula is C6H10ClNO. The summed E-state index contributed by atoms with van der Waals surface area (Å²) < 4.78 is 0. The van der Waals surface area contributed by atoms with Crippen LogP contribution in [0.3, 0.4) is 0 Å². The van der Waals surface area contributed by atoms with Crippen LogP contribution < -0.4 is 5.73 Å². The van der Waals surface area contributed by atoms with Crippen LogP contribution in [0, 0.1) is 0 Å². The average molecular weight is 148 g/mol. The molecule has 1 aliphatic carbocycles. The number of primary amides is 1. The van der Waals surface area contributed by atoms with E-state index in [0.29, 0.717) is 0 Å². The summed E-state index contributed by atoms with van der Waals surface area (Å²) in [6.45, 7) is 0. The molecular weight excluding hydrogens is 138 g/mol. The molecule has 1 aliphatic rings. The van der Waals surface area contributed by atoms with Gasteiger partial charge in [-0.3, -0.25) is 4.79 Å². The third-order valence-electron chi connectivity index (χ3n) is 1.84. The van der Waals surface area contributed by atoms with Crippen LogP contribution in [0.15, 0.2) is 0 Å². The van der Waals surface area contributed by atoms with Gasteiger partial charge in [-0.2, -0.15) is 0 Å². The SMILES string of the molecule is NC(=O)C1(Cl)CCCC1. The average Bonchev–Trinajstić information content (AvgIpc) is 2.16. The molecule has 0 unspecified atom stereocenters. The molecule has 0 saturated heterocycles. The predicted molar refractivity (Wildman–Crippen MR) is 36.2 cm³/mol. The zero-order chi connectivity index (χ0) is 6.91. The molecule has 0 aromatic rings. The third kappa shape index (κ3) is 1.18. The Morgan fingerprint density at radius 2 is 1.89 bits per heavy atom. The first-order valence-electron chi connectivity index (χ1n) is 3.14. The molecule has 0 atom stereocenters. The standard InChI is InChI=1S/C6H10ClNO/c7-6(5(8)9)3-1-2-4-6/h1-4H2,(H2,8,9). The smallest absolute Gasteiger partial charge is 0.238 e. The van der Waals surface area contributed by atoms with Gasteiger partial charge in [0.15, 0.2) is 0 Å². The number of nitrogens with two attached hydrogens (primary N) is 1. The zero-order valence-electron chi connectivity index (χ0n) is 5.19. The van der Waals surface area contributed by atoms with E-state index in [2.05, 4.69) is 0 Å². The number of amides is 1. The molecule has 2 nitrogen and oxygen atoms in total. The lowest BCUT2D eigenvalue weighted by Crippen LogP contribution is -2.35. The van der Waals surface area contributed by atoms with E-state index in [9.17, 15) is 4.79 Å². The number of hydrogen-bond donors (Lipinski definition) is 1. The summed E-state index contributed by atoms with van der Waals surface area (Å²) in [5.74, 6) is -0.360. The van der Waals surface area contributed by atoms with E-state index in [1.165, 1.54) is 0 Å². The highest BCUT2D eigenvalue weighted by atomic mass is 35.5. The van der Waals surface area contributed by atoms with Crippen molar-refractivity contribution in [1.29, 1.82) is 0 Å². The maximum Gasteiger partial charge on any atom is 0.238 e. The molecule has 0 radical (unpaired) electrons. The van der Waals surface area contributed by atoms with Gasteiger partial charge < -0.3 is 5.73 Å². The van der Waals surface area contributed by atoms with Crippen molar-refractivity contribution in [3.63, 3.8) is 0 Å². The number of alkyl halides is 1. The van der Waals surface area contributed by atoms with Crippen LogP contribution in [0.5, 0.6) is 0 Å². The van der Waals surface area contributed by atoms with Crippen molar-refractivity contribution < 1.29 is 4.79 Å². The summed E-state index contributed by atoms with van der Waals surface area (Å²) in [5.41, 5.74) is 5.06. The van der Waals surface area contributed by atoms with Gasteiger partial charge in [-0.1, -0.05) is 12.8 Å². The van der Waals surface area contributed by atoms with Gasteiger partial charge in [-0.05, 0) is 12.8 Å². The maximum atomic E-state index is 10.6. The molecule has 0 heterocycles. The molecule has 1 fully saturated rings. The summed E-state index contributed by atoms with van der Waals surface area (Å²) in [6.07, 6.45) is 3.58. The lowest BCUT2D eigenvalue weighted by molar-refractivity contribution is -0.120. The van der Waals surface area contributed by atoms with Crippen LogP contribution in [0.4, 0.5) is 0 Å². The van der Waals surface area contributed by atoms with E-state index in [1.54, 1.807) is 0 Å². The molecule has 52 valence electrons. The van der Waals surface area contributed by atoms with E-state index in [4.69, 9.17) is 17.3 Å². The second kappa shape index (κ2) is 2.18. The fourth-order valence-corrected chi connectivity index (χ4v) is 1.45. The number of rotatable bonds is 1. The molecule has 1 amide bonds. The zero-order valence-corrected chi connectivity index (χ0v) is 5.95. The minimum Gasteiger partial charge on any atom is -0.368 e. The van der Waals surface area contributed by atoms with E-state index >= 15 is 0 Å². The highest BCUT2D eigenvalue weighted by molar-refractivity contribution is 6.34. The first-order chi connectivity index (χ1) is 4.15. The molecule has 0 spiro atoms. The molecule has 0 aromatic carbocycles. The topological polar surface area (TPSA) is 43.1 Å². The number of halogens is 1. The van der Waals surface area contributed by atoms with Crippen molar-refractivity contribution in [2.24, 2.45) is 5.73 Å². The van der Waals surface area contributed by atoms with E-state index in [1.807, 2.05) is 0 Å². The second-order valence-corrected chi connectivity index (χ2v) is 3.26. The van der Waals surface area contributed by atoms with Crippen LogP contribution in [-0.4, -0.2) is 10.8 Å². The van der Waals surface area contributed by atoms with Gasteiger partial charge in [0.05, 0.1) is 0 Å². The Kier molecular flexibility index (Phi) is 1.66. The first kappa shape index (κ1) is 6.87. The normalized spacial score (nSPS) is 24.1. The van der Waals surface area contributed by atoms with Crippen LogP contribution in [-0.2, 0) is 4.79 Å². The molecule has 2 N–H and O–H groups in total. The predicted octanol–water partition coefficient (Wildman–Crippen LogP) is 1.02. The Balaban J connectivity index is 2.61. The highest BCUT2D eigenvalue weighted by Gasteiger charge is 2.36. The summed E-state index contributed by atoms with van der Waals surface area (Å²) in [6, 6.07) is 0. The Morgan fingerprint density at radius 3 is 2.11 bits per heavy atom. The summed E-state index contributed by atoms with van der Waals surface area (Å²) in [4.78, 5) is 9.92. The lowest BCUT2D eigenvalue weighted by atomic mass is 10.1. The quantitative estimate of drug-likeness (QED) is 0.553. The molecule has 1 rings (SSSR count). The summed E-state index contributed by atoms with van der Waals surface area (Å²) in [7, 11) is 0. The van der Waals surface area contributed by atoms with Gasteiger partial charge in [-0.15, -0.1) is 11.6 Å². The van der Waals surface area contributed by atoms with Crippen molar-refractivity contribution in [3.05, 3.63) is 0 Å². The fraction of sp³-hybridized carbons (Fsp3) is 0.833. The molecule has 3 heteroatoms. The van der Waals surface area contributed by atoms with Gasteiger partial charge in [-0.25, -0.2) is 0 Å². The molecule has 9 heavy (non-hydrogen) atoms. The lowest BCUT2D eigenvalue weighted by Gasteiger charge is -2.14.